The number of carbonyl (C=O) groups is 1. The summed E-state index contributed by atoms with van der Waals surface area (Å²) in [5.74, 6) is -12.7. The van der Waals surface area contributed by atoms with E-state index in [4.69, 9.17) is 9.47 Å². The van der Waals surface area contributed by atoms with Crippen molar-refractivity contribution < 1.29 is 46.3 Å². The second-order valence-electron chi connectivity index (χ2n) is 12.3. The molecule has 15 heteroatoms. The number of nitro groups is 1. The molecule has 51 heavy (non-hydrogen) atoms. The van der Waals surface area contributed by atoms with E-state index in [-0.39, 0.29) is 31.0 Å². The van der Waals surface area contributed by atoms with E-state index in [2.05, 4.69) is 15.1 Å². The minimum Gasteiger partial charge on any atom is -0.392 e. The number of amides is 1. The fraction of sp³-hybridized carbons (Fsp3) is 0.306. The largest absolute Gasteiger partial charge is 0.392 e. The highest BCUT2D eigenvalue weighted by molar-refractivity contribution is 5.94. The summed E-state index contributed by atoms with van der Waals surface area (Å²) in [5.41, 5.74) is 2.17. The van der Waals surface area contributed by atoms with Crippen LogP contribution in [0.3, 0.4) is 0 Å². The first-order valence-electron chi connectivity index (χ1n) is 16.1. The maximum atomic E-state index is 14.1. The molecule has 0 aliphatic carbocycles. The first kappa shape index (κ1) is 35.9. The summed E-state index contributed by atoms with van der Waals surface area (Å²) in [7, 11) is 0. The van der Waals surface area contributed by atoms with E-state index in [1.54, 1.807) is 36.4 Å². The molecule has 268 valence electrons. The second-order valence-corrected chi connectivity index (χ2v) is 12.3. The average Bonchev–Trinajstić information content (AvgIpc) is 3.16. The van der Waals surface area contributed by atoms with Gasteiger partial charge in [0.1, 0.15) is 5.56 Å². The number of non-ortho nitro benzene ring substituents is 1. The smallest absolute Gasteiger partial charge is 0.269 e. The molecule has 2 N–H and O–H groups in total. The molecule has 4 aromatic rings. The predicted octanol–water partition coefficient (Wildman–Crippen LogP) is 6.08. The molecule has 1 amide bonds. The monoisotopic (exact) mass is 712 g/mol. The molecular formula is C36H33F5N4O6. The van der Waals surface area contributed by atoms with Crippen LogP contribution in [0.25, 0.3) is 0 Å². The molecule has 0 aromatic heterocycles. The Morgan fingerprint density at radius 3 is 1.94 bits per heavy atom. The number of hydrogen-bond acceptors (Lipinski definition) is 8. The number of anilines is 1. The van der Waals surface area contributed by atoms with Gasteiger partial charge >= 0.3 is 0 Å². The van der Waals surface area contributed by atoms with Crippen LogP contribution < -0.4 is 10.2 Å². The van der Waals surface area contributed by atoms with Crippen LogP contribution in [0.1, 0.15) is 51.4 Å². The normalized spacial score (nSPS) is 19.6. The number of aliphatic hydroxyl groups excluding tert-OH is 1. The van der Waals surface area contributed by atoms with Gasteiger partial charge in [-0.1, -0.05) is 48.5 Å². The Balaban J connectivity index is 1.12. The molecular weight excluding hydrogens is 679 g/mol. The third-order valence-corrected chi connectivity index (χ3v) is 9.02. The van der Waals surface area contributed by atoms with Gasteiger partial charge in [-0.3, -0.25) is 19.8 Å². The number of nitrogens with one attached hydrogen (secondary N) is 1. The van der Waals surface area contributed by atoms with E-state index >= 15 is 0 Å². The third-order valence-electron chi connectivity index (χ3n) is 9.02. The first-order chi connectivity index (χ1) is 24.5. The zero-order valence-electron chi connectivity index (χ0n) is 27.0. The van der Waals surface area contributed by atoms with E-state index in [0.717, 1.165) is 43.0 Å². The van der Waals surface area contributed by atoms with Gasteiger partial charge in [0, 0.05) is 69.1 Å². The lowest BCUT2D eigenvalue weighted by Crippen LogP contribution is -2.49. The van der Waals surface area contributed by atoms with Crippen LogP contribution in [0, 0.1) is 39.2 Å². The predicted molar refractivity (Wildman–Crippen MR) is 174 cm³/mol. The SMILES string of the molecule is O=C(NCc1ccc([C@@H]2O[C@H](CN3CCN(c4ccc([N+](=O)[O-])cc4)CC3)C[C@H](c3ccc(CO)cc3)O2)cc1)c1c(F)c(F)c(F)c(F)c1F. The standard InChI is InChI=1S/C36H33F5N4O6/c37-30-29(31(38)33(40)34(41)32(30)39)35(47)42-18-21-1-7-24(8-2-21)36-50-27(17-28(51-36)23-5-3-22(20-46)4-6-23)19-43-13-15-44(16-14-43)25-9-11-26(12-10-25)45(48)49/h1-12,27-28,36,46H,13-20H2,(H,42,47)/t27-,28+,36+/m0/s1. The molecule has 2 aliphatic heterocycles. The van der Waals surface area contributed by atoms with Gasteiger partial charge in [-0.2, -0.15) is 0 Å². The molecule has 10 nitrogen and oxygen atoms in total. The molecule has 0 radical (unpaired) electrons. The van der Waals surface area contributed by atoms with Crippen molar-refractivity contribution in [3.63, 3.8) is 0 Å². The van der Waals surface area contributed by atoms with E-state index in [9.17, 15) is 42.0 Å². The fourth-order valence-corrected chi connectivity index (χ4v) is 6.16. The number of hydrogen-bond donors (Lipinski definition) is 2. The van der Waals surface area contributed by atoms with Crippen molar-refractivity contribution in [2.75, 3.05) is 37.6 Å². The molecule has 0 spiro atoms. The van der Waals surface area contributed by atoms with Crippen molar-refractivity contribution in [3.8, 4) is 0 Å². The Kier molecular flexibility index (Phi) is 10.9. The Hall–Kier alpha value is -4.96. The summed E-state index contributed by atoms with van der Waals surface area (Å²) in [5, 5.41) is 22.7. The minimum atomic E-state index is -2.35. The minimum absolute atomic E-state index is 0.0384. The Morgan fingerprint density at radius 2 is 1.35 bits per heavy atom. The molecule has 6 rings (SSSR count). The molecule has 0 saturated carbocycles. The topological polar surface area (TPSA) is 117 Å². The molecule has 2 aliphatic rings. The van der Waals surface area contributed by atoms with Gasteiger partial charge in [0.2, 0.25) is 5.82 Å². The quantitative estimate of drug-likeness (QED) is 0.0669. The summed E-state index contributed by atoms with van der Waals surface area (Å²) in [6.07, 6.45) is -0.815. The van der Waals surface area contributed by atoms with Gasteiger partial charge in [0.25, 0.3) is 11.6 Å². The summed E-state index contributed by atoms with van der Waals surface area (Å²) in [6, 6.07) is 20.6. The highest BCUT2D eigenvalue weighted by atomic mass is 19.2. The maximum Gasteiger partial charge on any atom is 0.269 e. The van der Waals surface area contributed by atoms with Crippen LogP contribution in [0.2, 0.25) is 0 Å². The number of piperazine rings is 1. The highest BCUT2D eigenvalue weighted by Crippen LogP contribution is 2.38. The van der Waals surface area contributed by atoms with Crippen molar-refractivity contribution in [2.45, 2.75) is 38.1 Å². The van der Waals surface area contributed by atoms with Gasteiger partial charge in [0.15, 0.2) is 29.6 Å². The Labute approximate surface area is 289 Å². The number of carbonyl (C=O) groups excluding carboxylic acids is 1. The first-order valence-corrected chi connectivity index (χ1v) is 16.1. The lowest BCUT2D eigenvalue weighted by molar-refractivity contribution is -0.384. The fourth-order valence-electron chi connectivity index (χ4n) is 6.16. The van der Waals surface area contributed by atoms with Gasteiger partial charge in [0.05, 0.1) is 23.7 Å². The third kappa shape index (κ3) is 8.01. The van der Waals surface area contributed by atoms with Crippen LogP contribution >= 0.6 is 0 Å². The van der Waals surface area contributed by atoms with E-state index in [1.165, 1.54) is 12.1 Å². The summed E-state index contributed by atoms with van der Waals surface area (Å²) >= 11 is 0. The average molecular weight is 713 g/mol. The molecule has 2 fully saturated rings. The maximum absolute atomic E-state index is 14.1. The number of nitro benzene ring substituents is 1. The number of nitrogens with zero attached hydrogens (tertiary/aromatic N) is 3. The number of ether oxygens (including phenoxy) is 2. The summed E-state index contributed by atoms with van der Waals surface area (Å²) in [4.78, 5) is 27.5. The van der Waals surface area contributed by atoms with Crippen molar-refractivity contribution in [1.82, 2.24) is 10.2 Å². The van der Waals surface area contributed by atoms with Crippen molar-refractivity contribution >= 4 is 17.3 Å². The van der Waals surface area contributed by atoms with Crippen LogP contribution in [0.15, 0.2) is 72.8 Å². The molecule has 3 atom stereocenters. The zero-order valence-corrected chi connectivity index (χ0v) is 27.0. The lowest BCUT2D eigenvalue weighted by atomic mass is 9.99. The lowest BCUT2D eigenvalue weighted by Gasteiger charge is -2.41. The molecule has 2 heterocycles. The van der Waals surface area contributed by atoms with Crippen molar-refractivity contribution in [1.29, 1.82) is 0 Å². The van der Waals surface area contributed by atoms with Gasteiger partial charge in [-0.15, -0.1) is 0 Å². The van der Waals surface area contributed by atoms with Crippen molar-refractivity contribution in [2.24, 2.45) is 0 Å². The Bertz CT molecular complexity index is 1840. The number of aliphatic hydroxyl groups is 1. The molecule has 2 saturated heterocycles. The molecule has 0 bridgehead atoms. The van der Waals surface area contributed by atoms with E-state index < -0.39 is 51.8 Å². The molecule has 4 aromatic carbocycles. The number of benzene rings is 4. The van der Waals surface area contributed by atoms with Gasteiger partial charge < -0.3 is 24.8 Å². The van der Waals surface area contributed by atoms with Crippen molar-refractivity contribution in [3.05, 3.63) is 140 Å². The number of rotatable bonds is 10. The van der Waals surface area contributed by atoms with E-state index in [1.807, 2.05) is 24.3 Å². The summed E-state index contributed by atoms with van der Waals surface area (Å²) in [6.45, 7) is 3.17. The number of halogens is 5. The zero-order chi connectivity index (χ0) is 36.2. The van der Waals surface area contributed by atoms with Crippen LogP contribution in [-0.2, 0) is 22.6 Å². The van der Waals surface area contributed by atoms with E-state index in [0.29, 0.717) is 24.1 Å². The highest BCUT2D eigenvalue weighted by Gasteiger charge is 2.34. The second kappa shape index (κ2) is 15.5. The van der Waals surface area contributed by atoms with Gasteiger partial charge in [-0.05, 0) is 28.8 Å². The Morgan fingerprint density at radius 1 is 0.784 bits per heavy atom. The summed E-state index contributed by atoms with van der Waals surface area (Å²) < 4.78 is 81.6. The van der Waals surface area contributed by atoms with Crippen LogP contribution in [-0.4, -0.2) is 59.7 Å². The molecule has 0 unspecified atom stereocenters. The van der Waals surface area contributed by atoms with Crippen LogP contribution in [0.4, 0.5) is 33.3 Å². The van der Waals surface area contributed by atoms with Gasteiger partial charge in [-0.25, -0.2) is 22.0 Å². The van der Waals surface area contributed by atoms with Crippen LogP contribution in [0.5, 0.6) is 0 Å².